The molecule has 0 amide bonds. The Hall–Kier alpha value is -4.83. The Bertz CT molecular complexity index is 1920. The molecule has 0 spiro atoms. The molecular weight excluding hydrogens is 555 g/mol. The summed E-state index contributed by atoms with van der Waals surface area (Å²) in [6.45, 7) is 1.56. The van der Waals surface area contributed by atoms with Crippen molar-refractivity contribution in [3.05, 3.63) is 73.1 Å². The predicted octanol–water partition coefficient (Wildman–Crippen LogP) is 7.05. The third-order valence-electron chi connectivity index (χ3n) is 8.20. The fraction of sp³-hybridized carbons (Fsp3) is 0.294. The maximum atomic E-state index is 14.7. The molecule has 44 heavy (non-hydrogen) atoms. The van der Waals surface area contributed by atoms with Crippen molar-refractivity contribution in [3.8, 4) is 39.4 Å². The summed E-state index contributed by atoms with van der Waals surface area (Å²) in [7, 11) is 4.02. The van der Waals surface area contributed by atoms with Crippen molar-refractivity contribution in [2.75, 3.05) is 32.5 Å². The topological polar surface area (TPSA) is 108 Å². The number of hydrogen-bond acceptors (Lipinski definition) is 7. The molecule has 1 saturated carbocycles. The van der Waals surface area contributed by atoms with Gasteiger partial charge in [0.15, 0.2) is 5.65 Å². The zero-order valence-corrected chi connectivity index (χ0v) is 24.9. The number of pyridine rings is 3. The first-order valence-corrected chi connectivity index (χ1v) is 15.1. The summed E-state index contributed by atoms with van der Waals surface area (Å²) in [5.74, 6) is 0.486. The van der Waals surface area contributed by atoms with E-state index in [9.17, 15) is 4.39 Å². The van der Waals surface area contributed by atoms with Crippen LogP contribution in [0.3, 0.4) is 0 Å². The number of benzene rings is 1. The van der Waals surface area contributed by atoms with E-state index in [0.29, 0.717) is 17.8 Å². The molecule has 3 N–H and O–H groups in total. The van der Waals surface area contributed by atoms with Gasteiger partial charge in [-0.3, -0.25) is 10.1 Å². The molecule has 5 aromatic heterocycles. The molecule has 1 fully saturated rings. The summed E-state index contributed by atoms with van der Waals surface area (Å²) < 4.78 is 21.0. The summed E-state index contributed by atoms with van der Waals surface area (Å²) in [6, 6.07) is 13.1. The Kier molecular flexibility index (Phi) is 7.66. The predicted molar refractivity (Wildman–Crippen MR) is 172 cm³/mol. The summed E-state index contributed by atoms with van der Waals surface area (Å²) in [5, 5.41) is 12.7. The van der Waals surface area contributed by atoms with Crippen LogP contribution in [0.4, 0.5) is 10.1 Å². The number of halogens is 1. The number of ether oxygens (including phenoxy) is 1. The Morgan fingerprint density at radius 2 is 1.77 bits per heavy atom. The molecule has 0 atom stereocenters. The van der Waals surface area contributed by atoms with E-state index in [-0.39, 0.29) is 11.9 Å². The summed E-state index contributed by atoms with van der Waals surface area (Å²) in [6.07, 6.45) is 13.3. The van der Waals surface area contributed by atoms with Crippen LogP contribution in [-0.2, 0) is 0 Å². The number of H-pyrrole nitrogens is 2. The van der Waals surface area contributed by atoms with Crippen LogP contribution in [0.5, 0.6) is 5.75 Å². The molecule has 7 rings (SSSR count). The first-order chi connectivity index (χ1) is 21.5. The molecule has 1 aliphatic rings. The second kappa shape index (κ2) is 12.0. The minimum absolute atomic E-state index is 0.251. The van der Waals surface area contributed by atoms with Gasteiger partial charge >= 0.3 is 0 Å². The molecule has 0 aliphatic heterocycles. The highest BCUT2D eigenvalue weighted by Gasteiger charge is 2.18. The monoisotopic (exact) mass is 590 g/mol. The molecule has 0 radical (unpaired) electrons. The van der Waals surface area contributed by atoms with Crippen molar-refractivity contribution >= 4 is 27.8 Å². The normalized spacial score (nSPS) is 14.1. The second-order valence-electron chi connectivity index (χ2n) is 11.7. The Balaban J connectivity index is 1.21. The van der Waals surface area contributed by atoms with E-state index < -0.39 is 0 Å². The van der Waals surface area contributed by atoms with Crippen LogP contribution in [0.2, 0.25) is 0 Å². The molecule has 1 aromatic carbocycles. The van der Waals surface area contributed by atoms with Crippen molar-refractivity contribution in [2.24, 2.45) is 0 Å². The summed E-state index contributed by atoms with van der Waals surface area (Å²) in [5.41, 5.74) is 7.14. The standard InChI is InChI=1S/C34H35FN8O/c1-43(2)11-10-37-25-13-21(12-24(35)16-25)28-8-9-38-33-29(28)17-31(40-33)32-30-15-23(19-39-34(30)42-41-32)22-14-27(20-36-18-22)44-26-6-4-3-5-7-26/h8-9,12-20,26,37H,3-7,10-11H2,1-2H3,(H,38,40)(H,39,41,42). The van der Waals surface area contributed by atoms with Crippen LogP contribution >= 0.6 is 0 Å². The van der Waals surface area contributed by atoms with E-state index in [2.05, 4.69) is 46.4 Å². The fourth-order valence-corrected chi connectivity index (χ4v) is 5.96. The van der Waals surface area contributed by atoms with Gasteiger partial charge in [0.2, 0.25) is 0 Å². The molecule has 5 heterocycles. The van der Waals surface area contributed by atoms with E-state index in [1.54, 1.807) is 18.5 Å². The van der Waals surface area contributed by atoms with Gasteiger partial charge in [0.05, 0.1) is 18.0 Å². The lowest BCUT2D eigenvalue weighted by Crippen LogP contribution is -2.20. The lowest BCUT2D eigenvalue weighted by atomic mass is 9.98. The number of rotatable bonds is 9. The molecule has 6 aromatic rings. The zero-order valence-electron chi connectivity index (χ0n) is 24.9. The number of nitrogens with zero attached hydrogens (tertiary/aromatic N) is 5. The van der Waals surface area contributed by atoms with E-state index in [1.807, 2.05) is 50.8 Å². The molecule has 9 nitrogen and oxygen atoms in total. The Labute approximate surface area is 254 Å². The van der Waals surface area contributed by atoms with Crippen LogP contribution in [0.1, 0.15) is 32.1 Å². The number of fused-ring (bicyclic) bond motifs is 2. The Morgan fingerprint density at radius 1 is 0.909 bits per heavy atom. The molecule has 0 saturated heterocycles. The Morgan fingerprint density at radius 3 is 2.64 bits per heavy atom. The molecule has 10 heteroatoms. The number of anilines is 1. The average molecular weight is 591 g/mol. The molecule has 1 aliphatic carbocycles. The fourth-order valence-electron chi connectivity index (χ4n) is 5.96. The highest BCUT2D eigenvalue weighted by atomic mass is 19.1. The largest absolute Gasteiger partial charge is 0.489 e. The smallest absolute Gasteiger partial charge is 0.155 e. The summed E-state index contributed by atoms with van der Waals surface area (Å²) >= 11 is 0. The number of nitrogens with one attached hydrogen (secondary N) is 3. The van der Waals surface area contributed by atoms with Gasteiger partial charge in [0.1, 0.15) is 22.9 Å². The van der Waals surface area contributed by atoms with Crippen molar-refractivity contribution < 1.29 is 9.13 Å². The van der Waals surface area contributed by atoms with Crippen molar-refractivity contribution in [2.45, 2.75) is 38.2 Å². The molecular formula is C34H35FN8O. The minimum Gasteiger partial charge on any atom is -0.489 e. The van der Waals surface area contributed by atoms with E-state index in [4.69, 9.17) is 4.74 Å². The zero-order chi connectivity index (χ0) is 30.0. The number of aromatic amines is 2. The van der Waals surface area contributed by atoms with E-state index >= 15 is 0 Å². The van der Waals surface area contributed by atoms with Gasteiger partial charge in [0.25, 0.3) is 0 Å². The first kappa shape index (κ1) is 28.0. The molecule has 0 bridgehead atoms. The van der Waals surface area contributed by atoms with Gasteiger partial charge in [-0.2, -0.15) is 5.10 Å². The number of hydrogen-bond donors (Lipinski definition) is 3. The SMILES string of the molecule is CN(C)CCNc1cc(F)cc(-c2ccnc3[nH]c(-c4n[nH]c5ncc(-c6cncc(OC7CCCCC7)c6)cc45)cc23)c1. The van der Waals surface area contributed by atoms with Crippen LogP contribution in [0, 0.1) is 5.82 Å². The van der Waals surface area contributed by atoms with Gasteiger partial charge in [0, 0.05) is 59.3 Å². The summed E-state index contributed by atoms with van der Waals surface area (Å²) in [4.78, 5) is 19.2. The van der Waals surface area contributed by atoms with Crippen molar-refractivity contribution in [1.82, 2.24) is 35.0 Å². The second-order valence-corrected chi connectivity index (χ2v) is 11.7. The van der Waals surface area contributed by atoms with E-state index in [0.717, 1.165) is 75.2 Å². The average Bonchev–Trinajstić information content (AvgIpc) is 3.65. The number of likely N-dealkylation sites (N-methyl/N-ethyl adjacent to an activating group) is 1. The molecule has 224 valence electrons. The van der Waals surface area contributed by atoms with Gasteiger partial charge in [-0.1, -0.05) is 6.42 Å². The third-order valence-corrected chi connectivity index (χ3v) is 8.20. The lowest BCUT2D eigenvalue weighted by molar-refractivity contribution is 0.154. The highest BCUT2D eigenvalue weighted by Crippen LogP contribution is 2.35. The van der Waals surface area contributed by atoms with E-state index in [1.165, 1.54) is 25.3 Å². The number of aromatic nitrogens is 6. The molecule has 0 unspecified atom stereocenters. The minimum atomic E-state index is -0.296. The van der Waals surface area contributed by atoms with Gasteiger partial charge in [-0.25, -0.2) is 14.4 Å². The third kappa shape index (κ3) is 5.85. The van der Waals surface area contributed by atoms with Crippen molar-refractivity contribution in [3.63, 3.8) is 0 Å². The maximum Gasteiger partial charge on any atom is 0.155 e. The quantitative estimate of drug-likeness (QED) is 0.166. The van der Waals surface area contributed by atoms with Crippen LogP contribution < -0.4 is 10.1 Å². The highest BCUT2D eigenvalue weighted by molar-refractivity contribution is 6.00. The van der Waals surface area contributed by atoms with Gasteiger partial charge in [-0.15, -0.1) is 0 Å². The van der Waals surface area contributed by atoms with Crippen molar-refractivity contribution in [1.29, 1.82) is 0 Å². The van der Waals surface area contributed by atoms with Gasteiger partial charge < -0.3 is 19.9 Å². The maximum absolute atomic E-state index is 14.7. The van der Waals surface area contributed by atoms with Crippen LogP contribution in [0.25, 0.3) is 55.7 Å². The lowest BCUT2D eigenvalue weighted by Gasteiger charge is -2.23. The first-order valence-electron chi connectivity index (χ1n) is 15.1. The van der Waals surface area contributed by atoms with Gasteiger partial charge in [-0.05, 0) is 93.4 Å². The van der Waals surface area contributed by atoms with Crippen LogP contribution in [0.15, 0.2) is 67.3 Å². The van der Waals surface area contributed by atoms with Crippen LogP contribution in [-0.4, -0.2) is 68.3 Å².